The molecule has 1 aromatic heterocycles. The van der Waals surface area contributed by atoms with Crippen molar-refractivity contribution in [3.63, 3.8) is 0 Å². The van der Waals surface area contributed by atoms with E-state index in [1.165, 1.54) is 0 Å². The second kappa shape index (κ2) is 3.92. The van der Waals surface area contributed by atoms with E-state index < -0.39 is 0 Å². The van der Waals surface area contributed by atoms with Crippen LogP contribution >= 0.6 is 23.2 Å². The minimum absolute atomic E-state index is 0.116. The summed E-state index contributed by atoms with van der Waals surface area (Å²) in [6.45, 7) is 2.03. The molecule has 1 aromatic rings. The van der Waals surface area contributed by atoms with Crippen molar-refractivity contribution >= 4 is 29.2 Å². The number of nitrogens with zero attached hydrogens (tertiary/aromatic N) is 2. The molecule has 1 heterocycles. The van der Waals surface area contributed by atoms with E-state index in [1.807, 2.05) is 6.92 Å². The summed E-state index contributed by atoms with van der Waals surface area (Å²) in [4.78, 5) is 7.60. The van der Waals surface area contributed by atoms with Crippen molar-refractivity contribution in [1.29, 1.82) is 0 Å². The largest absolute Gasteiger partial charge is 0.368 e. The monoisotopic (exact) mass is 205 g/mol. The zero-order valence-electron chi connectivity index (χ0n) is 6.64. The van der Waals surface area contributed by atoms with Crippen LogP contribution in [0.15, 0.2) is 0 Å². The van der Waals surface area contributed by atoms with Gasteiger partial charge in [-0.2, -0.15) is 0 Å². The highest BCUT2D eigenvalue weighted by atomic mass is 35.5. The molecule has 2 N–H and O–H groups in total. The average molecular weight is 206 g/mol. The zero-order chi connectivity index (χ0) is 9.14. The van der Waals surface area contributed by atoms with E-state index in [9.17, 15) is 0 Å². The molecule has 12 heavy (non-hydrogen) atoms. The first-order valence-electron chi connectivity index (χ1n) is 3.62. The molecule has 0 saturated heterocycles. The molecule has 0 amide bonds. The number of hydrogen-bond acceptors (Lipinski definition) is 3. The first kappa shape index (κ1) is 9.55. The van der Waals surface area contributed by atoms with Crippen LogP contribution in [0.5, 0.6) is 0 Å². The fourth-order valence-electron chi connectivity index (χ4n) is 0.903. The van der Waals surface area contributed by atoms with Crippen LogP contribution in [0.25, 0.3) is 0 Å². The van der Waals surface area contributed by atoms with Crippen molar-refractivity contribution in [2.24, 2.45) is 0 Å². The lowest BCUT2D eigenvalue weighted by molar-refractivity contribution is 0.903. The van der Waals surface area contributed by atoms with Gasteiger partial charge in [-0.3, -0.25) is 0 Å². The summed E-state index contributed by atoms with van der Waals surface area (Å²) in [5.41, 5.74) is 6.11. The molecule has 0 aliphatic heterocycles. The highest BCUT2D eigenvalue weighted by Crippen LogP contribution is 2.22. The Morgan fingerprint density at radius 2 is 1.75 bits per heavy atom. The number of hydrogen-bond donors (Lipinski definition) is 1. The first-order chi connectivity index (χ1) is 5.65. The Balaban J connectivity index is 3.10. The predicted molar refractivity (Wildman–Crippen MR) is 50.5 cm³/mol. The van der Waals surface area contributed by atoms with Gasteiger partial charge in [0.2, 0.25) is 5.95 Å². The third-order valence-electron chi connectivity index (χ3n) is 1.42. The van der Waals surface area contributed by atoms with E-state index in [0.717, 1.165) is 18.4 Å². The molecule has 1 rings (SSSR count). The van der Waals surface area contributed by atoms with Gasteiger partial charge in [-0.25, -0.2) is 9.97 Å². The first-order valence-corrected chi connectivity index (χ1v) is 4.38. The van der Waals surface area contributed by atoms with Crippen LogP contribution in [0.1, 0.15) is 18.9 Å². The molecule has 0 aliphatic carbocycles. The standard InChI is InChI=1S/C7H9Cl2N3/c1-2-3-4-5(8)11-7(10)12-6(4)9/h2-3H2,1H3,(H2,10,11,12). The molecular weight excluding hydrogens is 197 g/mol. The lowest BCUT2D eigenvalue weighted by Gasteiger charge is -2.03. The molecule has 0 radical (unpaired) electrons. The third-order valence-corrected chi connectivity index (χ3v) is 2.05. The van der Waals surface area contributed by atoms with Gasteiger partial charge in [0.05, 0.1) is 0 Å². The second-order valence-electron chi connectivity index (χ2n) is 2.39. The van der Waals surface area contributed by atoms with E-state index >= 15 is 0 Å². The van der Waals surface area contributed by atoms with E-state index in [-0.39, 0.29) is 5.95 Å². The van der Waals surface area contributed by atoms with Crippen LogP contribution < -0.4 is 5.73 Å². The quantitative estimate of drug-likeness (QED) is 0.755. The molecule has 66 valence electrons. The van der Waals surface area contributed by atoms with Crippen molar-refractivity contribution in [1.82, 2.24) is 9.97 Å². The zero-order valence-corrected chi connectivity index (χ0v) is 8.15. The molecule has 0 aliphatic rings. The van der Waals surface area contributed by atoms with Crippen LogP contribution in [0.3, 0.4) is 0 Å². The van der Waals surface area contributed by atoms with E-state index in [2.05, 4.69) is 9.97 Å². The lowest BCUT2D eigenvalue weighted by atomic mass is 10.2. The minimum atomic E-state index is 0.116. The van der Waals surface area contributed by atoms with Crippen molar-refractivity contribution in [3.8, 4) is 0 Å². The maximum Gasteiger partial charge on any atom is 0.222 e. The van der Waals surface area contributed by atoms with Crippen LogP contribution in [-0.4, -0.2) is 9.97 Å². The lowest BCUT2D eigenvalue weighted by Crippen LogP contribution is -1.99. The fraction of sp³-hybridized carbons (Fsp3) is 0.429. The number of aromatic nitrogens is 2. The SMILES string of the molecule is CCCc1c(Cl)nc(N)nc1Cl. The summed E-state index contributed by atoms with van der Waals surface area (Å²) in [5, 5.41) is 0.712. The van der Waals surface area contributed by atoms with Crippen LogP contribution in [-0.2, 0) is 6.42 Å². The molecule has 0 unspecified atom stereocenters. The van der Waals surface area contributed by atoms with Gasteiger partial charge in [0.1, 0.15) is 10.3 Å². The molecule has 0 spiro atoms. The molecule has 0 bridgehead atoms. The van der Waals surface area contributed by atoms with Crippen LogP contribution in [0, 0.1) is 0 Å². The molecule has 3 nitrogen and oxygen atoms in total. The van der Waals surface area contributed by atoms with Crippen molar-refractivity contribution in [2.75, 3.05) is 5.73 Å². The smallest absolute Gasteiger partial charge is 0.222 e. The number of anilines is 1. The Labute approximate surface area is 80.9 Å². The number of rotatable bonds is 2. The summed E-state index contributed by atoms with van der Waals surface area (Å²) >= 11 is 11.6. The third kappa shape index (κ3) is 1.99. The molecule has 0 fully saturated rings. The van der Waals surface area contributed by atoms with Crippen molar-refractivity contribution < 1.29 is 0 Å². The van der Waals surface area contributed by atoms with Gasteiger partial charge in [-0.1, -0.05) is 36.5 Å². The highest BCUT2D eigenvalue weighted by Gasteiger charge is 2.08. The van der Waals surface area contributed by atoms with Gasteiger partial charge in [0.25, 0.3) is 0 Å². The molecule has 5 heteroatoms. The number of nitrogens with two attached hydrogens (primary N) is 1. The molecule has 0 atom stereocenters. The van der Waals surface area contributed by atoms with Crippen molar-refractivity contribution in [2.45, 2.75) is 19.8 Å². The van der Waals surface area contributed by atoms with Gasteiger partial charge in [0.15, 0.2) is 0 Å². The number of nitrogen functional groups attached to an aromatic ring is 1. The van der Waals surface area contributed by atoms with Gasteiger partial charge in [-0.15, -0.1) is 0 Å². The average Bonchev–Trinajstić information content (AvgIpc) is 1.96. The van der Waals surface area contributed by atoms with Gasteiger partial charge in [0, 0.05) is 5.56 Å². The maximum absolute atomic E-state index is 5.80. The normalized spacial score (nSPS) is 10.2. The topological polar surface area (TPSA) is 51.8 Å². The number of halogens is 2. The Bertz CT molecular complexity index is 265. The van der Waals surface area contributed by atoms with Crippen molar-refractivity contribution in [3.05, 3.63) is 15.9 Å². The highest BCUT2D eigenvalue weighted by molar-refractivity contribution is 6.34. The maximum atomic E-state index is 5.80. The summed E-state index contributed by atoms with van der Waals surface area (Å²) in [6.07, 6.45) is 1.73. The molecular formula is C7H9Cl2N3. The van der Waals surface area contributed by atoms with Gasteiger partial charge >= 0.3 is 0 Å². The Morgan fingerprint density at radius 3 is 2.17 bits per heavy atom. The molecule has 0 saturated carbocycles. The van der Waals surface area contributed by atoms with Crippen LogP contribution in [0.4, 0.5) is 5.95 Å². The Morgan fingerprint density at radius 1 is 1.25 bits per heavy atom. The summed E-state index contributed by atoms with van der Waals surface area (Å²) in [7, 11) is 0. The molecule has 0 aromatic carbocycles. The van der Waals surface area contributed by atoms with Crippen LogP contribution in [0.2, 0.25) is 10.3 Å². The summed E-state index contributed by atoms with van der Waals surface area (Å²) < 4.78 is 0. The Kier molecular flexibility index (Phi) is 3.12. The predicted octanol–water partition coefficient (Wildman–Crippen LogP) is 2.32. The van der Waals surface area contributed by atoms with Gasteiger partial charge in [-0.05, 0) is 6.42 Å². The fourth-order valence-corrected chi connectivity index (χ4v) is 1.49. The van der Waals surface area contributed by atoms with Gasteiger partial charge < -0.3 is 5.73 Å². The van der Waals surface area contributed by atoms with E-state index in [1.54, 1.807) is 0 Å². The summed E-state index contributed by atoms with van der Waals surface area (Å²) in [5.74, 6) is 0.116. The Hall–Kier alpha value is -0.540. The second-order valence-corrected chi connectivity index (χ2v) is 3.11. The minimum Gasteiger partial charge on any atom is -0.368 e. The van der Waals surface area contributed by atoms with E-state index in [4.69, 9.17) is 28.9 Å². The van der Waals surface area contributed by atoms with E-state index in [0.29, 0.717) is 10.3 Å². The summed E-state index contributed by atoms with van der Waals surface area (Å²) in [6, 6.07) is 0.